The largest absolute Gasteiger partial charge is 0.495 e. The predicted octanol–water partition coefficient (Wildman–Crippen LogP) is 6.10. The van der Waals surface area contributed by atoms with Gasteiger partial charge in [-0.05, 0) is 36.5 Å². The van der Waals surface area contributed by atoms with Crippen molar-refractivity contribution >= 4 is 34.4 Å². The van der Waals surface area contributed by atoms with Gasteiger partial charge in [0.25, 0.3) is 0 Å². The molecule has 33 heavy (non-hydrogen) atoms. The highest BCUT2D eigenvalue weighted by Crippen LogP contribution is 2.42. The van der Waals surface area contributed by atoms with Crippen molar-refractivity contribution in [2.75, 3.05) is 7.11 Å². The molecule has 3 aromatic rings. The number of aliphatic imine (C=N–C) groups is 1. The van der Waals surface area contributed by atoms with Gasteiger partial charge in [0.15, 0.2) is 5.60 Å². The first kappa shape index (κ1) is 24.9. The molecule has 0 radical (unpaired) electrons. The molecule has 0 fully saturated rings. The Morgan fingerprint density at radius 2 is 1.88 bits per heavy atom. The maximum Gasteiger partial charge on any atom is 0.422 e. The first-order valence-corrected chi connectivity index (χ1v) is 10.2. The SMILES string of the molecule is COc1cc(C(C)(C)CC(O)(/C=N/c2cc(F)cc3nc(C)ncc23)C(F)(F)F)ccc1Cl. The first-order chi connectivity index (χ1) is 15.3. The molecule has 1 N–H and O–H groups in total. The Labute approximate surface area is 193 Å². The second kappa shape index (κ2) is 8.87. The van der Waals surface area contributed by atoms with E-state index in [1.807, 2.05) is 0 Å². The Hall–Kier alpha value is -2.78. The van der Waals surface area contributed by atoms with Crippen LogP contribution in [0.25, 0.3) is 10.9 Å². The molecule has 0 aliphatic heterocycles. The topological polar surface area (TPSA) is 67.6 Å². The maximum absolute atomic E-state index is 14.0. The number of rotatable bonds is 6. The number of benzene rings is 2. The van der Waals surface area contributed by atoms with Gasteiger partial charge in [0.1, 0.15) is 17.4 Å². The molecule has 10 heteroatoms. The third-order valence-electron chi connectivity index (χ3n) is 5.32. The summed E-state index contributed by atoms with van der Waals surface area (Å²) in [4.78, 5) is 11.9. The summed E-state index contributed by atoms with van der Waals surface area (Å²) in [6.45, 7) is 4.70. The highest BCUT2D eigenvalue weighted by molar-refractivity contribution is 6.32. The minimum Gasteiger partial charge on any atom is -0.495 e. The third kappa shape index (κ3) is 5.25. The Bertz CT molecular complexity index is 1210. The number of hydrogen-bond donors (Lipinski definition) is 1. The first-order valence-electron chi connectivity index (χ1n) is 9.87. The van der Waals surface area contributed by atoms with Crippen molar-refractivity contribution in [3.63, 3.8) is 0 Å². The lowest BCUT2D eigenvalue weighted by molar-refractivity contribution is -0.234. The summed E-state index contributed by atoms with van der Waals surface area (Å²) in [6, 6.07) is 6.70. The zero-order valence-electron chi connectivity index (χ0n) is 18.3. The normalized spacial score (nSPS) is 14.6. The van der Waals surface area contributed by atoms with Crippen LogP contribution in [0.15, 0.2) is 41.5 Å². The molecule has 1 aromatic heterocycles. The summed E-state index contributed by atoms with van der Waals surface area (Å²) < 4.78 is 61.3. The van der Waals surface area contributed by atoms with Gasteiger partial charge < -0.3 is 9.84 Å². The highest BCUT2D eigenvalue weighted by atomic mass is 35.5. The van der Waals surface area contributed by atoms with E-state index in [4.69, 9.17) is 16.3 Å². The van der Waals surface area contributed by atoms with E-state index in [2.05, 4.69) is 15.0 Å². The Morgan fingerprint density at radius 1 is 1.18 bits per heavy atom. The van der Waals surface area contributed by atoms with Gasteiger partial charge in [-0.25, -0.2) is 14.4 Å². The summed E-state index contributed by atoms with van der Waals surface area (Å²) in [6.07, 6.45) is -4.07. The van der Waals surface area contributed by atoms with Gasteiger partial charge in [-0.15, -0.1) is 0 Å². The minimum atomic E-state index is -5.06. The zero-order chi connectivity index (χ0) is 24.6. The molecule has 0 aliphatic carbocycles. The molecule has 0 bridgehead atoms. The lowest BCUT2D eigenvalue weighted by Gasteiger charge is -2.35. The highest BCUT2D eigenvalue weighted by Gasteiger charge is 2.55. The molecule has 0 amide bonds. The van der Waals surface area contributed by atoms with Gasteiger partial charge in [-0.2, -0.15) is 13.2 Å². The van der Waals surface area contributed by atoms with Crippen LogP contribution in [0.3, 0.4) is 0 Å². The third-order valence-corrected chi connectivity index (χ3v) is 5.63. The quantitative estimate of drug-likeness (QED) is 0.339. The van der Waals surface area contributed by atoms with Crippen LogP contribution in [0.1, 0.15) is 31.7 Å². The second-order valence-corrected chi connectivity index (χ2v) is 8.77. The number of fused-ring (bicyclic) bond motifs is 1. The number of halogens is 5. The number of methoxy groups -OCH3 is 1. The van der Waals surface area contributed by atoms with Gasteiger partial charge >= 0.3 is 6.18 Å². The van der Waals surface area contributed by atoms with Crippen LogP contribution < -0.4 is 4.74 Å². The van der Waals surface area contributed by atoms with E-state index in [-0.39, 0.29) is 16.6 Å². The van der Waals surface area contributed by atoms with Crippen molar-refractivity contribution in [3.05, 3.63) is 58.8 Å². The fraction of sp³-hybridized carbons (Fsp3) is 0.348. The van der Waals surface area contributed by atoms with Crippen molar-refractivity contribution in [2.45, 2.75) is 44.4 Å². The summed E-state index contributed by atoms with van der Waals surface area (Å²) in [5, 5.41) is 11.3. The molecule has 176 valence electrons. The van der Waals surface area contributed by atoms with Crippen LogP contribution in [0.2, 0.25) is 5.02 Å². The molecule has 2 aromatic carbocycles. The van der Waals surface area contributed by atoms with Crippen molar-refractivity contribution in [3.8, 4) is 5.75 Å². The van der Waals surface area contributed by atoms with E-state index in [1.54, 1.807) is 26.8 Å². The summed E-state index contributed by atoms with van der Waals surface area (Å²) >= 11 is 6.02. The molecule has 1 heterocycles. The van der Waals surface area contributed by atoms with Crippen LogP contribution >= 0.6 is 11.6 Å². The van der Waals surface area contributed by atoms with Crippen molar-refractivity contribution in [1.82, 2.24) is 9.97 Å². The van der Waals surface area contributed by atoms with Crippen LogP contribution in [0.5, 0.6) is 5.75 Å². The van der Waals surface area contributed by atoms with Crippen molar-refractivity contribution < 1.29 is 27.4 Å². The van der Waals surface area contributed by atoms with Crippen molar-refractivity contribution in [2.24, 2.45) is 4.99 Å². The van der Waals surface area contributed by atoms with E-state index in [0.717, 1.165) is 12.1 Å². The van der Waals surface area contributed by atoms with E-state index in [1.165, 1.54) is 25.4 Å². The average molecular weight is 484 g/mol. The Morgan fingerprint density at radius 3 is 2.52 bits per heavy atom. The molecular formula is C23H22ClF4N3O2. The molecular weight excluding hydrogens is 462 g/mol. The van der Waals surface area contributed by atoms with Crippen LogP contribution in [-0.4, -0.2) is 40.2 Å². The number of alkyl halides is 3. The molecule has 3 rings (SSSR count). The van der Waals surface area contributed by atoms with Crippen LogP contribution in [-0.2, 0) is 5.41 Å². The number of aromatic nitrogens is 2. The number of nitrogens with zero attached hydrogens (tertiary/aromatic N) is 3. The summed E-state index contributed by atoms with van der Waals surface area (Å²) in [5.74, 6) is -0.0557. The fourth-order valence-electron chi connectivity index (χ4n) is 3.53. The average Bonchev–Trinajstić information content (AvgIpc) is 2.70. The Kier molecular flexibility index (Phi) is 6.68. The van der Waals surface area contributed by atoms with Crippen LogP contribution in [0.4, 0.5) is 23.2 Å². The summed E-state index contributed by atoms with van der Waals surface area (Å²) in [7, 11) is 1.39. The molecule has 0 aliphatic rings. The second-order valence-electron chi connectivity index (χ2n) is 8.37. The minimum absolute atomic E-state index is 0.126. The molecule has 0 saturated carbocycles. The van der Waals surface area contributed by atoms with E-state index >= 15 is 0 Å². The van der Waals surface area contributed by atoms with Gasteiger partial charge in [-0.3, -0.25) is 4.99 Å². The van der Waals surface area contributed by atoms with Gasteiger partial charge in [0.2, 0.25) is 0 Å². The predicted molar refractivity (Wildman–Crippen MR) is 119 cm³/mol. The lowest BCUT2D eigenvalue weighted by atomic mass is 9.75. The number of hydrogen-bond acceptors (Lipinski definition) is 5. The molecule has 0 saturated heterocycles. The Balaban J connectivity index is 2.04. The molecule has 5 nitrogen and oxygen atoms in total. The van der Waals surface area contributed by atoms with Crippen LogP contribution in [0, 0.1) is 12.7 Å². The number of aryl methyl sites for hydroxylation is 1. The van der Waals surface area contributed by atoms with Gasteiger partial charge in [0, 0.05) is 29.9 Å². The van der Waals surface area contributed by atoms with E-state index in [9.17, 15) is 22.7 Å². The monoisotopic (exact) mass is 483 g/mol. The maximum atomic E-state index is 14.0. The van der Waals surface area contributed by atoms with E-state index < -0.39 is 29.4 Å². The molecule has 0 spiro atoms. The van der Waals surface area contributed by atoms with Crippen molar-refractivity contribution in [1.29, 1.82) is 0 Å². The molecule has 1 atom stereocenters. The lowest BCUT2D eigenvalue weighted by Crippen LogP contribution is -2.50. The summed E-state index contributed by atoms with van der Waals surface area (Å²) in [5.41, 5.74) is -3.94. The standard InChI is InChI=1S/C23H22ClF4N3O2/c1-13-29-10-16-18(8-15(25)9-19(16)31-13)30-12-22(32,23(26,27)28)11-21(2,3)14-5-6-17(24)20(7-14)33-4/h5-10,12,32H,11H2,1-4H3/b30-12+. The van der Waals surface area contributed by atoms with Gasteiger partial charge in [0.05, 0.1) is 23.3 Å². The van der Waals surface area contributed by atoms with E-state index in [0.29, 0.717) is 28.4 Å². The smallest absolute Gasteiger partial charge is 0.422 e. The number of aliphatic hydroxyl groups is 1. The fourth-order valence-corrected chi connectivity index (χ4v) is 3.73. The zero-order valence-corrected chi connectivity index (χ0v) is 19.1. The number of ether oxygens (including phenoxy) is 1. The van der Waals surface area contributed by atoms with Gasteiger partial charge in [-0.1, -0.05) is 31.5 Å². The molecule has 1 unspecified atom stereocenters.